The molecular weight excluding hydrogens is 346 g/mol. The van der Waals surface area contributed by atoms with E-state index in [1.807, 2.05) is 6.07 Å². The Balaban J connectivity index is 1.61. The highest BCUT2D eigenvalue weighted by Crippen LogP contribution is 2.30. The van der Waals surface area contributed by atoms with Gasteiger partial charge in [-0.15, -0.1) is 0 Å². The van der Waals surface area contributed by atoms with Gasteiger partial charge in [0, 0.05) is 17.0 Å². The first-order valence-corrected chi connectivity index (χ1v) is 9.44. The fourth-order valence-electron chi connectivity index (χ4n) is 3.75. The van der Waals surface area contributed by atoms with Gasteiger partial charge in [-0.1, -0.05) is 26.7 Å². The van der Waals surface area contributed by atoms with E-state index in [-0.39, 0.29) is 24.3 Å². The summed E-state index contributed by atoms with van der Waals surface area (Å²) >= 11 is 0. The van der Waals surface area contributed by atoms with Crippen molar-refractivity contribution in [1.82, 2.24) is 5.32 Å². The van der Waals surface area contributed by atoms with Gasteiger partial charge in [0.05, 0.1) is 7.11 Å². The molecule has 1 aromatic carbocycles. The summed E-state index contributed by atoms with van der Waals surface area (Å²) in [6.45, 7) is 5.85. The van der Waals surface area contributed by atoms with E-state index in [9.17, 15) is 9.59 Å². The molecule has 1 fully saturated rings. The molecule has 1 saturated carbocycles. The molecule has 1 N–H and O–H groups in total. The molecule has 1 aliphatic rings. The zero-order valence-corrected chi connectivity index (χ0v) is 16.3. The van der Waals surface area contributed by atoms with Crippen molar-refractivity contribution in [3.63, 3.8) is 0 Å². The van der Waals surface area contributed by atoms with E-state index in [0.717, 1.165) is 18.2 Å². The normalized spacial score (nSPS) is 22.4. The minimum Gasteiger partial charge on any atom is -0.497 e. The van der Waals surface area contributed by atoms with E-state index < -0.39 is 5.97 Å². The first kappa shape index (κ1) is 19.3. The van der Waals surface area contributed by atoms with Gasteiger partial charge in [0.25, 0.3) is 5.91 Å². The molecule has 6 nitrogen and oxygen atoms in total. The van der Waals surface area contributed by atoms with Gasteiger partial charge in [-0.25, -0.2) is 4.79 Å². The van der Waals surface area contributed by atoms with Crippen LogP contribution in [0, 0.1) is 18.8 Å². The summed E-state index contributed by atoms with van der Waals surface area (Å²) in [6.07, 6.45) is 3.27. The number of amides is 1. The van der Waals surface area contributed by atoms with Crippen LogP contribution >= 0.6 is 0 Å². The van der Waals surface area contributed by atoms with Crippen molar-refractivity contribution in [1.29, 1.82) is 0 Å². The molecule has 27 heavy (non-hydrogen) atoms. The van der Waals surface area contributed by atoms with Crippen molar-refractivity contribution in [3.05, 3.63) is 29.5 Å². The first-order chi connectivity index (χ1) is 12.9. The lowest BCUT2D eigenvalue weighted by Gasteiger charge is -2.34. The highest BCUT2D eigenvalue weighted by atomic mass is 16.5. The van der Waals surface area contributed by atoms with Crippen molar-refractivity contribution < 1.29 is 23.5 Å². The zero-order valence-electron chi connectivity index (χ0n) is 16.3. The number of carbonyl (C=O) groups is 2. The number of nitrogens with one attached hydrogen (secondary N) is 1. The summed E-state index contributed by atoms with van der Waals surface area (Å²) in [5.41, 5.74) is 1.25. The molecule has 0 unspecified atom stereocenters. The van der Waals surface area contributed by atoms with Gasteiger partial charge >= 0.3 is 5.97 Å². The van der Waals surface area contributed by atoms with Crippen LogP contribution in [-0.4, -0.2) is 31.6 Å². The van der Waals surface area contributed by atoms with Crippen LogP contribution in [0.2, 0.25) is 0 Å². The van der Waals surface area contributed by atoms with Crippen molar-refractivity contribution in [2.75, 3.05) is 13.7 Å². The number of furan rings is 1. The number of ether oxygens (including phenoxy) is 2. The van der Waals surface area contributed by atoms with Crippen molar-refractivity contribution in [2.24, 2.45) is 11.8 Å². The molecule has 2 aromatic rings. The second-order valence-corrected chi connectivity index (χ2v) is 7.44. The Morgan fingerprint density at radius 2 is 2.04 bits per heavy atom. The Labute approximate surface area is 159 Å². The van der Waals surface area contributed by atoms with Crippen LogP contribution in [0.4, 0.5) is 0 Å². The number of benzene rings is 1. The number of aryl methyl sites for hydroxylation is 1. The monoisotopic (exact) mass is 373 g/mol. The Morgan fingerprint density at radius 1 is 1.26 bits per heavy atom. The van der Waals surface area contributed by atoms with Gasteiger partial charge in [-0.05, 0) is 43.4 Å². The maximum Gasteiger partial charge on any atom is 0.375 e. The highest BCUT2D eigenvalue weighted by molar-refractivity contribution is 5.97. The van der Waals surface area contributed by atoms with Gasteiger partial charge in [0.1, 0.15) is 11.3 Å². The Bertz CT molecular complexity index is 840. The van der Waals surface area contributed by atoms with Gasteiger partial charge in [-0.2, -0.15) is 0 Å². The van der Waals surface area contributed by atoms with Crippen molar-refractivity contribution in [2.45, 2.75) is 46.1 Å². The van der Waals surface area contributed by atoms with Crippen LogP contribution in [0.15, 0.2) is 22.6 Å². The molecule has 1 heterocycles. The molecule has 1 aromatic heterocycles. The van der Waals surface area contributed by atoms with Crippen LogP contribution in [-0.2, 0) is 9.53 Å². The lowest BCUT2D eigenvalue weighted by Crippen LogP contribution is -2.45. The average Bonchev–Trinajstić information content (AvgIpc) is 2.99. The summed E-state index contributed by atoms with van der Waals surface area (Å²) in [5.74, 6) is 0.896. The van der Waals surface area contributed by atoms with Crippen molar-refractivity contribution >= 4 is 22.8 Å². The Kier molecular flexibility index (Phi) is 5.73. The van der Waals surface area contributed by atoms with Gasteiger partial charge < -0.3 is 19.2 Å². The molecule has 3 rings (SSSR count). The Morgan fingerprint density at radius 3 is 2.78 bits per heavy atom. The Hall–Kier alpha value is -2.50. The van der Waals surface area contributed by atoms with E-state index >= 15 is 0 Å². The standard InChI is InChI=1S/C21H27NO5/c1-12-6-5-7-17(13(12)2)22-19(23)11-26-21(24)20-14(3)16-10-15(25-4)8-9-18(16)27-20/h8-10,12-13,17H,5-7,11H2,1-4H3,(H,22,23)/t12-,13-,17-/m1/s1. The molecule has 146 valence electrons. The third kappa shape index (κ3) is 4.10. The fraction of sp³-hybridized carbons (Fsp3) is 0.524. The van der Waals surface area contributed by atoms with Crippen LogP contribution in [0.3, 0.4) is 0 Å². The van der Waals surface area contributed by atoms with Gasteiger partial charge in [0.2, 0.25) is 5.76 Å². The van der Waals surface area contributed by atoms with E-state index in [1.54, 1.807) is 26.2 Å². The molecule has 0 spiro atoms. The summed E-state index contributed by atoms with van der Waals surface area (Å²) in [4.78, 5) is 24.6. The zero-order chi connectivity index (χ0) is 19.6. The SMILES string of the molecule is COc1ccc2oc(C(=O)OCC(=O)N[C@@H]3CCC[C@@H](C)[C@H]3C)c(C)c2c1. The number of fused-ring (bicyclic) bond motifs is 1. The summed E-state index contributed by atoms with van der Waals surface area (Å²) < 4.78 is 16.0. The topological polar surface area (TPSA) is 77.8 Å². The summed E-state index contributed by atoms with van der Waals surface area (Å²) in [7, 11) is 1.58. The van der Waals surface area contributed by atoms with E-state index in [0.29, 0.717) is 28.7 Å². The number of methoxy groups -OCH3 is 1. The van der Waals surface area contributed by atoms with Crippen LogP contribution in [0.5, 0.6) is 5.75 Å². The fourth-order valence-corrected chi connectivity index (χ4v) is 3.75. The number of hydrogen-bond donors (Lipinski definition) is 1. The molecule has 6 heteroatoms. The third-order valence-corrected chi connectivity index (χ3v) is 5.72. The lowest BCUT2D eigenvalue weighted by molar-refractivity contribution is -0.125. The average molecular weight is 373 g/mol. The van der Waals surface area contributed by atoms with E-state index in [4.69, 9.17) is 13.9 Å². The highest BCUT2D eigenvalue weighted by Gasteiger charge is 2.28. The quantitative estimate of drug-likeness (QED) is 0.806. The molecule has 1 aliphatic carbocycles. The minimum atomic E-state index is -0.636. The van der Waals surface area contributed by atoms with E-state index in [1.165, 1.54) is 6.42 Å². The predicted octanol–water partition coefficient (Wildman–Crippen LogP) is 3.85. The largest absolute Gasteiger partial charge is 0.497 e. The number of carbonyl (C=O) groups excluding carboxylic acids is 2. The maximum atomic E-state index is 12.4. The second-order valence-electron chi connectivity index (χ2n) is 7.44. The first-order valence-electron chi connectivity index (χ1n) is 9.44. The maximum absolute atomic E-state index is 12.4. The summed E-state index contributed by atoms with van der Waals surface area (Å²) in [5, 5.41) is 3.79. The molecule has 1 amide bonds. The third-order valence-electron chi connectivity index (χ3n) is 5.72. The summed E-state index contributed by atoms with van der Waals surface area (Å²) in [6, 6.07) is 5.46. The van der Waals surface area contributed by atoms with Crippen LogP contribution < -0.4 is 10.1 Å². The molecule has 0 saturated heterocycles. The number of hydrogen-bond acceptors (Lipinski definition) is 5. The van der Waals surface area contributed by atoms with E-state index in [2.05, 4.69) is 19.2 Å². The number of rotatable bonds is 5. The second kappa shape index (κ2) is 8.03. The molecule has 0 aliphatic heterocycles. The predicted molar refractivity (Wildman–Crippen MR) is 102 cm³/mol. The number of esters is 1. The molecular formula is C21H27NO5. The van der Waals surface area contributed by atoms with Crippen LogP contribution in [0.25, 0.3) is 11.0 Å². The van der Waals surface area contributed by atoms with Crippen molar-refractivity contribution in [3.8, 4) is 5.75 Å². The molecule has 0 radical (unpaired) electrons. The molecule has 0 bridgehead atoms. The van der Waals surface area contributed by atoms with Gasteiger partial charge in [-0.3, -0.25) is 4.79 Å². The molecule has 3 atom stereocenters. The lowest BCUT2D eigenvalue weighted by atomic mass is 9.78. The van der Waals surface area contributed by atoms with Gasteiger partial charge in [0.15, 0.2) is 6.61 Å². The minimum absolute atomic E-state index is 0.116. The smallest absolute Gasteiger partial charge is 0.375 e. The van der Waals surface area contributed by atoms with Crippen LogP contribution in [0.1, 0.15) is 49.2 Å².